The first-order valence-electron chi connectivity index (χ1n) is 5.29. The molecule has 3 rings (SSSR count). The van der Waals surface area contributed by atoms with Gasteiger partial charge in [-0.3, -0.25) is 0 Å². The Bertz CT molecular complexity index is 763. The number of carboxylic acids is 1. The van der Waals surface area contributed by atoms with Crippen LogP contribution < -0.4 is 4.74 Å². The standard InChI is InChI=1S/C13H9NO3S/c1-17-9-4-2-3-7-5-8-6-10(13(15)16)18-12(8)14-11(7)9/h2-6H,1H3,(H,15,16). The van der Waals surface area contributed by atoms with Crippen molar-refractivity contribution < 1.29 is 14.6 Å². The Balaban J connectivity index is 2.36. The van der Waals surface area contributed by atoms with Crippen molar-refractivity contribution in [2.45, 2.75) is 0 Å². The fraction of sp³-hybridized carbons (Fsp3) is 0.0769. The number of nitrogens with zero attached hydrogens (tertiary/aromatic N) is 1. The molecule has 1 aromatic carbocycles. The van der Waals surface area contributed by atoms with Crippen molar-refractivity contribution >= 4 is 38.4 Å². The van der Waals surface area contributed by atoms with Crippen LogP contribution in [0.5, 0.6) is 5.75 Å². The monoisotopic (exact) mass is 259 g/mol. The molecule has 2 heterocycles. The maximum Gasteiger partial charge on any atom is 0.345 e. The highest BCUT2D eigenvalue weighted by atomic mass is 32.1. The number of thiophene rings is 1. The third kappa shape index (κ3) is 1.60. The smallest absolute Gasteiger partial charge is 0.345 e. The highest BCUT2D eigenvalue weighted by Crippen LogP contribution is 2.31. The average Bonchev–Trinajstić information content (AvgIpc) is 2.78. The molecule has 0 aliphatic rings. The van der Waals surface area contributed by atoms with Crippen LogP contribution in [0.2, 0.25) is 0 Å². The second kappa shape index (κ2) is 3.96. The molecule has 4 nitrogen and oxygen atoms in total. The van der Waals surface area contributed by atoms with E-state index in [1.807, 2.05) is 24.3 Å². The highest BCUT2D eigenvalue weighted by molar-refractivity contribution is 7.20. The van der Waals surface area contributed by atoms with E-state index in [0.29, 0.717) is 15.5 Å². The van der Waals surface area contributed by atoms with E-state index < -0.39 is 5.97 Å². The van der Waals surface area contributed by atoms with E-state index in [-0.39, 0.29) is 0 Å². The molecule has 5 heteroatoms. The molecule has 0 amide bonds. The number of benzene rings is 1. The molecule has 0 spiro atoms. The number of carbonyl (C=O) groups is 1. The summed E-state index contributed by atoms with van der Waals surface area (Å²) in [6.07, 6.45) is 0. The van der Waals surface area contributed by atoms with Crippen LogP contribution in [0.15, 0.2) is 30.3 Å². The number of carboxylic acid groups (broad SMARTS) is 1. The zero-order chi connectivity index (χ0) is 12.7. The zero-order valence-electron chi connectivity index (χ0n) is 9.51. The van der Waals surface area contributed by atoms with Crippen LogP contribution >= 0.6 is 11.3 Å². The Morgan fingerprint density at radius 3 is 2.89 bits per heavy atom. The van der Waals surface area contributed by atoms with Crippen molar-refractivity contribution in [1.29, 1.82) is 0 Å². The number of methoxy groups -OCH3 is 1. The third-order valence-corrected chi connectivity index (χ3v) is 3.76. The lowest BCUT2D eigenvalue weighted by Crippen LogP contribution is -1.89. The van der Waals surface area contributed by atoms with E-state index in [4.69, 9.17) is 9.84 Å². The first kappa shape index (κ1) is 11.0. The van der Waals surface area contributed by atoms with Crippen LogP contribution in [0, 0.1) is 0 Å². The molecule has 0 saturated carbocycles. The molecular weight excluding hydrogens is 250 g/mol. The van der Waals surface area contributed by atoms with E-state index in [1.54, 1.807) is 13.2 Å². The molecule has 18 heavy (non-hydrogen) atoms. The topological polar surface area (TPSA) is 59.4 Å². The van der Waals surface area contributed by atoms with E-state index in [2.05, 4.69) is 4.98 Å². The van der Waals surface area contributed by atoms with Crippen molar-refractivity contribution in [3.05, 3.63) is 35.2 Å². The van der Waals surface area contributed by atoms with Gasteiger partial charge in [0.2, 0.25) is 0 Å². The summed E-state index contributed by atoms with van der Waals surface area (Å²) in [5.74, 6) is -0.228. The van der Waals surface area contributed by atoms with Gasteiger partial charge in [0.1, 0.15) is 21.0 Å². The Morgan fingerprint density at radius 1 is 1.33 bits per heavy atom. The summed E-state index contributed by atoms with van der Waals surface area (Å²) in [5.41, 5.74) is 0.756. The number of aromatic carboxylic acids is 1. The minimum atomic E-state index is -0.922. The number of ether oxygens (including phenoxy) is 1. The first-order chi connectivity index (χ1) is 8.69. The van der Waals surface area contributed by atoms with Crippen molar-refractivity contribution in [3.8, 4) is 5.75 Å². The number of rotatable bonds is 2. The minimum Gasteiger partial charge on any atom is -0.494 e. The molecule has 0 atom stereocenters. The Hall–Kier alpha value is -2.14. The van der Waals surface area contributed by atoms with Crippen LogP contribution in [0.4, 0.5) is 0 Å². The van der Waals surface area contributed by atoms with Gasteiger partial charge in [0.05, 0.1) is 7.11 Å². The number of pyridine rings is 1. The van der Waals surface area contributed by atoms with E-state index >= 15 is 0 Å². The highest BCUT2D eigenvalue weighted by Gasteiger charge is 2.11. The molecule has 2 aromatic heterocycles. The van der Waals surface area contributed by atoms with Gasteiger partial charge < -0.3 is 9.84 Å². The van der Waals surface area contributed by atoms with Crippen molar-refractivity contribution in [2.24, 2.45) is 0 Å². The van der Waals surface area contributed by atoms with E-state index in [0.717, 1.165) is 16.3 Å². The fourth-order valence-corrected chi connectivity index (χ4v) is 2.76. The Labute approximate surface area is 106 Å². The summed E-state index contributed by atoms with van der Waals surface area (Å²) in [6, 6.07) is 9.24. The zero-order valence-corrected chi connectivity index (χ0v) is 10.3. The van der Waals surface area contributed by atoms with Crippen LogP contribution in [0.1, 0.15) is 9.67 Å². The quantitative estimate of drug-likeness (QED) is 0.768. The summed E-state index contributed by atoms with van der Waals surface area (Å²) in [5, 5.41) is 10.8. The lowest BCUT2D eigenvalue weighted by molar-refractivity contribution is 0.0702. The van der Waals surface area contributed by atoms with Gasteiger partial charge in [0.15, 0.2) is 0 Å². The van der Waals surface area contributed by atoms with E-state index in [9.17, 15) is 4.79 Å². The van der Waals surface area contributed by atoms with Gasteiger partial charge in [0.25, 0.3) is 0 Å². The molecule has 0 bridgehead atoms. The maximum absolute atomic E-state index is 10.9. The largest absolute Gasteiger partial charge is 0.494 e. The van der Waals surface area contributed by atoms with Gasteiger partial charge in [-0.05, 0) is 18.2 Å². The predicted molar refractivity (Wildman–Crippen MR) is 70.6 cm³/mol. The lowest BCUT2D eigenvalue weighted by Gasteiger charge is -2.03. The molecule has 0 aliphatic carbocycles. The fourth-order valence-electron chi connectivity index (χ4n) is 1.90. The molecular formula is C13H9NO3S. The van der Waals surface area contributed by atoms with Crippen molar-refractivity contribution in [2.75, 3.05) is 7.11 Å². The SMILES string of the molecule is COc1cccc2cc3cc(C(=O)O)sc3nc12. The average molecular weight is 259 g/mol. The van der Waals surface area contributed by atoms with Gasteiger partial charge >= 0.3 is 5.97 Å². The van der Waals surface area contributed by atoms with Gasteiger partial charge in [-0.2, -0.15) is 0 Å². The van der Waals surface area contributed by atoms with Gasteiger partial charge in [-0.15, -0.1) is 11.3 Å². The van der Waals surface area contributed by atoms with Crippen LogP contribution in [-0.2, 0) is 0 Å². The molecule has 0 fully saturated rings. The number of hydrogen-bond acceptors (Lipinski definition) is 4. The Morgan fingerprint density at radius 2 is 2.17 bits per heavy atom. The molecule has 0 radical (unpaired) electrons. The van der Waals surface area contributed by atoms with Crippen LogP contribution in [0.25, 0.3) is 21.1 Å². The predicted octanol–water partition coefficient (Wildman–Crippen LogP) is 3.16. The molecule has 1 N–H and O–H groups in total. The molecule has 0 saturated heterocycles. The number of hydrogen-bond donors (Lipinski definition) is 1. The molecule has 0 aliphatic heterocycles. The molecule has 3 aromatic rings. The van der Waals surface area contributed by atoms with Crippen LogP contribution in [-0.4, -0.2) is 23.2 Å². The summed E-state index contributed by atoms with van der Waals surface area (Å²) >= 11 is 1.17. The molecule has 90 valence electrons. The Kier molecular flexibility index (Phi) is 2.41. The van der Waals surface area contributed by atoms with Crippen molar-refractivity contribution in [1.82, 2.24) is 4.98 Å². The van der Waals surface area contributed by atoms with Gasteiger partial charge in [0, 0.05) is 10.8 Å². The summed E-state index contributed by atoms with van der Waals surface area (Å²) in [7, 11) is 1.59. The van der Waals surface area contributed by atoms with Gasteiger partial charge in [-0.25, -0.2) is 9.78 Å². The minimum absolute atomic E-state index is 0.298. The van der Waals surface area contributed by atoms with Crippen molar-refractivity contribution in [3.63, 3.8) is 0 Å². The van der Waals surface area contributed by atoms with E-state index in [1.165, 1.54) is 11.3 Å². The second-order valence-electron chi connectivity index (χ2n) is 3.83. The number of para-hydroxylation sites is 1. The van der Waals surface area contributed by atoms with Gasteiger partial charge in [-0.1, -0.05) is 12.1 Å². The first-order valence-corrected chi connectivity index (χ1v) is 6.11. The summed E-state index contributed by atoms with van der Waals surface area (Å²) in [4.78, 5) is 16.4. The van der Waals surface area contributed by atoms with Crippen LogP contribution in [0.3, 0.4) is 0 Å². The second-order valence-corrected chi connectivity index (χ2v) is 4.86. The maximum atomic E-state index is 10.9. The lowest BCUT2D eigenvalue weighted by atomic mass is 10.2. The third-order valence-electron chi connectivity index (χ3n) is 2.73. The number of aromatic nitrogens is 1. The summed E-state index contributed by atoms with van der Waals surface area (Å²) in [6.45, 7) is 0. The number of fused-ring (bicyclic) bond motifs is 2. The normalized spacial score (nSPS) is 10.9. The summed E-state index contributed by atoms with van der Waals surface area (Å²) < 4.78 is 5.26. The molecule has 0 unspecified atom stereocenters.